The minimum absolute atomic E-state index is 0.443. The molecule has 1 saturated carbocycles. The quantitative estimate of drug-likeness (QED) is 0.665. The molecule has 4 nitrogen and oxygen atoms in total. The topological polar surface area (TPSA) is 55.9 Å². The average molecular weight is 194 g/mol. The highest BCUT2D eigenvalue weighted by atomic mass is 15.3. The van der Waals surface area contributed by atoms with E-state index in [9.17, 15) is 0 Å². The van der Waals surface area contributed by atoms with Crippen molar-refractivity contribution in [1.29, 1.82) is 0 Å². The van der Waals surface area contributed by atoms with E-state index in [-0.39, 0.29) is 0 Å². The lowest BCUT2D eigenvalue weighted by Crippen LogP contribution is -2.48. The van der Waals surface area contributed by atoms with Crippen molar-refractivity contribution in [3.8, 4) is 0 Å². The van der Waals surface area contributed by atoms with Gasteiger partial charge in [0.2, 0.25) is 0 Å². The van der Waals surface area contributed by atoms with Crippen LogP contribution in [0.1, 0.15) is 19.3 Å². The number of hydrogen-bond acceptors (Lipinski definition) is 3. The van der Waals surface area contributed by atoms with Gasteiger partial charge in [-0.1, -0.05) is 0 Å². The van der Waals surface area contributed by atoms with Gasteiger partial charge < -0.3 is 11.1 Å². The van der Waals surface area contributed by atoms with Crippen LogP contribution in [0.15, 0.2) is 18.5 Å². The molecular formula is C10H18N4. The molecule has 1 aliphatic rings. The summed E-state index contributed by atoms with van der Waals surface area (Å²) < 4.78 is 1.97. The summed E-state index contributed by atoms with van der Waals surface area (Å²) >= 11 is 0. The van der Waals surface area contributed by atoms with E-state index < -0.39 is 0 Å². The fraction of sp³-hybridized carbons (Fsp3) is 0.700. The molecule has 0 unspecified atom stereocenters. The first-order valence-electron chi connectivity index (χ1n) is 5.31. The van der Waals surface area contributed by atoms with Crippen LogP contribution in [0.3, 0.4) is 0 Å². The Hall–Kier alpha value is -0.870. The maximum Gasteiger partial charge on any atom is 0.0489 e. The minimum atomic E-state index is 0.443. The van der Waals surface area contributed by atoms with Crippen LogP contribution in [0.4, 0.5) is 0 Å². The first-order valence-corrected chi connectivity index (χ1v) is 5.31. The second kappa shape index (κ2) is 4.57. The Bertz CT molecular complexity index is 251. The van der Waals surface area contributed by atoms with Gasteiger partial charge in [-0.05, 0) is 31.9 Å². The highest BCUT2D eigenvalue weighted by Gasteiger charge is 2.24. The minimum Gasteiger partial charge on any atom is -0.328 e. The zero-order chi connectivity index (χ0) is 9.80. The van der Waals surface area contributed by atoms with Crippen LogP contribution in [0.2, 0.25) is 0 Å². The number of aryl methyl sites for hydroxylation is 1. The maximum absolute atomic E-state index is 5.70. The van der Waals surface area contributed by atoms with Gasteiger partial charge in [0, 0.05) is 31.0 Å². The summed E-state index contributed by atoms with van der Waals surface area (Å²) in [6.45, 7) is 2.07. The van der Waals surface area contributed by atoms with E-state index >= 15 is 0 Å². The summed E-state index contributed by atoms with van der Waals surface area (Å²) in [5, 5.41) is 7.64. The molecule has 1 aliphatic carbocycles. The fourth-order valence-electron chi connectivity index (χ4n) is 1.81. The molecule has 1 aromatic heterocycles. The fourth-order valence-corrected chi connectivity index (χ4v) is 1.81. The number of rotatable bonds is 5. The molecular weight excluding hydrogens is 176 g/mol. The molecule has 0 aromatic carbocycles. The zero-order valence-corrected chi connectivity index (χ0v) is 8.39. The van der Waals surface area contributed by atoms with Crippen molar-refractivity contribution in [2.75, 3.05) is 6.54 Å². The predicted octanol–water partition coefficient (Wildman–Crippen LogP) is 0.352. The van der Waals surface area contributed by atoms with Gasteiger partial charge in [-0.25, -0.2) is 0 Å². The monoisotopic (exact) mass is 194 g/mol. The van der Waals surface area contributed by atoms with Gasteiger partial charge >= 0.3 is 0 Å². The molecule has 78 valence electrons. The van der Waals surface area contributed by atoms with Crippen molar-refractivity contribution in [3.63, 3.8) is 0 Å². The highest BCUT2D eigenvalue weighted by molar-refractivity contribution is 4.87. The summed E-state index contributed by atoms with van der Waals surface area (Å²) in [7, 11) is 0. The summed E-state index contributed by atoms with van der Waals surface area (Å²) in [6.07, 6.45) is 7.23. The van der Waals surface area contributed by atoms with Crippen LogP contribution in [0.25, 0.3) is 0 Å². The van der Waals surface area contributed by atoms with E-state index in [4.69, 9.17) is 5.73 Å². The molecule has 0 amide bonds. The summed E-state index contributed by atoms with van der Waals surface area (Å²) in [5.41, 5.74) is 5.70. The van der Waals surface area contributed by atoms with Crippen LogP contribution < -0.4 is 11.1 Å². The molecule has 0 aliphatic heterocycles. The SMILES string of the molecule is NC1CC(NCCCn2cccn2)C1. The van der Waals surface area contributed by atoms with Crippen molar-refractivity contribution in [2.45, 2.75) is 37.9 Å². The van der Waals surface area contributed by atoms with Crippen LogP contribution >= 0.6 is 0 Å². The Morgan fingerprint density at radius 1 is 1.50 bits per heavy atom. The van der Waals surface area contributed by atoms with E-state index in [0.717, 1.165) is 32.4 Å². The second-order valence-corrected chi connectivity index (χ2v) is 4.01. The van der Waals surface area contributed by atoms with Crippen molar-refractivity contribution in [1.82, 2.24) is 15.1 Å². The van der Waals surface area contributed by atoms with Crippen LogP contribution in [-0.4, -0.2) is 28.4 Å². The van der Waals surface area contributed by atoms with E-state index in [1.807, 2.05) is 23.1 Å². The molecule has 1 fully saturated rings. The molecule has 0 bridgehead atoms. The van der Waals surface area contributed by atoms with E-state index in [1.165, 1.54) is 0 Å². The number of nitrogens with two attached hydrogens (primary N) is 1. The maximum atomic E-state index is 5.70. The van der Waals surface area contributed by atoms with Crippen molar-refractivity contribution >= 4 is 0 Å². The van der Waals surface area contributed by atoms with Gasteiger partial charge in [-0.2, -0.15) is 5.10 Å². The lowest BCUT2D eigenvalue weighted by molar-refractivity contribution is 0.289. The van der Waals surface area contributed by atoms with Crippen LogP contribution in [-0.2, 0) is 6.54 Å². The molecule has 1 heterocycles. The van der Waals surface area contributed by atoms with Gasteiger partial charge in [0.1, 0.15) is 0 Å². The average Bonchev–Trinajstić information content (AvgIpc) is 2.61. The van der Waals surface area contributed by atoms with E-state index in [1.54, 1.807) is 0 Å². The third-order valence-electron chi connectivity index (χ3n) is 2.73. The zero-order valence-electron chi connectivity index (χ0n) is 8.39. The molecule has 0 saturated heterocycles. The van der Waals surface area contributed by atoms with Gasteiger partial charge in [0.15, 0.2) is 0 Å². The summed E-state index contributed by atoms with van der Waals surface area (Å²) in [6, 6.07) is 3.07. The largest absolute Gasteiger partial charge is 0.328 e. The number of nitrogens with one attached hydrogen (secondary N) is 1. The molecule has 2 rings (SSSR count). The predicted molar refractivity (Wildman–Crippen MR) is 55.8 cm³/mol. The smallest absolute Gasteiger partial charge is 0.0489 e. The third kappa shape index (κ3) is 2.56. The van der Waals surface area contributed by atoms with Crippen LogP contribution in [0.5, 0.6) is 0 Å². The van der Waals surface area contributed by atoms with Crippen molar-refractivity contribution < 1.29 is 0 Å². The standard InChI is InChI=1S/C10H18N4/c11-9-7-10(8-9)12-3-1-5-14-6-2-4-13-14/h2,4,6,9-10,12H,1,3,5,7-8,11H2. The Morgan fingerprint density at radius 2 is 2.36 bits per heavy atom. The molecule has 4 heteroatoms. The first kappa shape index (κ1) is 9.68. The van der Waals surface area contributed by atoms with Gasteiger partial charge in [-0.15, -0.1) is 0 Å². The number of hydrogen-bond donors (Lipinski definition) is 2. The van der Waals surface area contributed by atoms with Gasteiger partial charge in [0.25, 0.3) is 0 Å². The Balaban J connectivity index is 1.52. The van der Waals surface area contributed by atoms with Crippen LogP contribution in [0, 0.1) is 0 Å². The lowest BCUT2D eigenvalue weighted by atomic mass is 9.88. The normalized spacial score (nSPS) is 26.1. The number of nitrogens with zero attached hydrogens (tertiary/aromatic N) is 2. The molecule has 0 spiro atoms. The molecule has 0 atom stereocenters. The first-order chi connectivity index (χ1) is 6.84. The number of aromatic nitrogens is 2. The Kier molecular flexibility index (Phi) is 3.16. The van der Waals surface area contributed by atoms with E-state index in [0.29, 0.717) is 12.1 Å². The third-order valence-corrected chi connectivity index (χ3v) is 2.73. The lowest BCUT2D eigenvalue weighted by Gasteiger charge is -2.33. The van der Waals surface area contributed by atoms with E-state index in [2.05, 4.69) is 10.4 Å². The molecule has 1 aromatic rings. The van der Waals surface area contributed by atoms with Crippen molar-refractivity contribution in [2.24, 2.45) is 5.73 Å². The molecule has 3 N–H and O–H groups in total. The van der Waals surface area contributed by atoms with Gasteiger partial charge in [0.05, 0.1) is 0 Å². The summed E-state index contributed by atoms with van der Waals surface area (Å²) in [5.74, 6) is 0. The van der Waals surface area contributed by atoms with Crippen molar-refractivity contribution in [3.05, 3.63) is 18.5 Å². The Labute approximate surface area is 84.5 Å². The Morgan fingerprint density at radius 3 is 3.00 bits per heavy atom. The summed E-state index contributed by atoms with van der Waals surface area (Å²) in [4.78, 5) is 0. The molecule has 0 radical (unpaired) electrons. The van der Waals surface area contributed by atoms with Gasteiger partial charge in [-0.3, -0.25) is 4.68 Å². The highest BCUT2D eigenvalue weighted by Crippen LogP contribution is 2.16. The second-order valence-electron chi connectivity index (χ2n) is 4.01. The molecule has 14 heavy (non-hydrogen) atoms.